The Hall–Kier alpha value is -0.570. The standard InChI is InChI=1S/C21H34O7/c1-16(2)7-5-8-17(3)12(16)6-9-18-10-19(25,13(22)14(23)21(17,18)27)20(26,11-18)15(24)28-4/h12-13,15,22,24-27H,5-11H2,1-4H3. The second-order valence-electron chi connectivity index (χ2n) is 10.9. The second-order valence-corrected chi connectivity index (χ2v) is 10.9. The van der Waals surface area contributed by atoms with E-state index >= 15 is 0 Å². The molecule has 0 saturated heterocycles. The number of methoxy groups -OCH3 is 1. The maximum Gasteiger partial charge on any atom is 0.196 e. The zero-order valence-corrected chi connectivity index (χ0v) is 17.2. The van der Waals surface area contributed by atoms with Crippen molar-refractivity contribution in [2.45, 2.75) is 94.9 Å². The lowest BCUT2D eigenvalue weighted by atomic mass is 9.38. The first-order valence-corrected chi connectivity index (χ1v) is 10.4. The van der Waals surface area contributed by atoms with Crippen LogP contribution in [0.15, 0.2) is 0 Å². The smallest absolute Gasteiger partial charge is 0.196 e. The minimum absolute atomic E-state index is 0.0652. The summed E-state index contributed by atoms with van der Waals surface area (Å²) in [6.45, 7) is 6.25. The molecule has 8 atom stereocenters. The van der Waals surface area contributed by atoms with Gasteiger partial charge >= 0.3 is 0 Å². The van der Waals surface area contributed by atoms with Crippen molar-refractivity contribution < 1.29 is 35.1 Å². The van der Waals surface area contributed by atoms with Gasteiger partial charge in [0.25, 0.3) is 0 Å². The van der Waals surface area contributed by atoms with E-state index < -0.39 is 45.8 Å². The SMILES string of the molecule is COC(O)C1(O)CC23CCC4C(C)(C)CCCC4(C)C2(O)C(=O)C(O)C1(O)C3. The topological polar surface area (TPSA) is 127 Å². The molecule has 0 aromatic carbocycles. The summed E-state index contributed by atoms with van der Waals surface area (Å²) in [4.78, 5) is 13.5. The molecular weight excluding hydrogens is 364 g/mol. The number of fused-ring (bicyclic) bond motifs is 3. The average molecular weight is 398 g/mol. The Morgan fingerprint density at radius 1 is 1.07 bits per heavy atom. The fourth-order valence-corrected chi connectivity index (χ4v) is 8.09. The number of Topliss-reactive ketones (excluding diaryl/α,β-unsaturated/α-hetero) is 1. The van der Waals surface area contributed by atoms with E-state index in [0.717, 1.165) is 19.3 Å². The van der Waals surface area contributed by atoms with Gasteiger partial charge in [-0.25, -0.2) is 0 Å². The van der Waals surface area contributed by atoms with Crippen molar-refractivity contribution in [3.8, 4) is 0 Å². The van der Waals surface area contributed by atoms with Crippen molar-refractivity contribution in [2.75, 3.05) is 7.11 Å². The predicted octanol–water partition coefficient (Wildman–Crippen LogP) is 0.495. The van der Waals surface area contributed by atoms with Crippen molar-refractivity contribution >= 4 is 5.78 Å². The summed E-state index contributed by atoms with van der Waals surface area (Å²) >= 11 is 0. The summed E-state index contributed by atoms with van der Waals surface area (Å²) in [7, 11) is 1.19. The molecule has 4 rings (SSSR count). The lowest BCUT2D eigenvalue weighted by Crippen LogP contribution is -2.76. The van der Waals surface area contributed by atoms with Gasteiger partial charge in [0.1, 0.15) is 22.9 Å². The van der Waals surface area contributed by atoms with Gasteiger partial charge in [0.2, 0.25) is 0 Å². The highest BCUT2D eigenvalue weighted by Crippen LogP contribution is 2.74. The predicted molar refractivity (Wildman–Crippen MR) is 99.0 cm³/mol. The van der Waals surface area contributed by atoms with Crippen molar-refractivity contribution in [1.29, 1.82) is 0 Å². The molecule has 0 radical (unpaired) electrons. The summed E-state index contributed by atoms with van der Waals surface area (Å²) in [5.41, 5.74) is -8.36. The third-order valence-corrected chi connectivity index (χ3v) is 9.39. The Balaban J connectivity index is 1.92. The van der Waals surface area contributed by atoms with Crippen LogP contribution in [0.5, 0.6) is 0 Å². The number of aliphatic hydroxyl groups is 5. The van der Waals surface area contributed by atoms with E-state index in [-0.39, 0.29) is 24.2 Å². The molecule has 4 fully saturated rings. The maximum atomic E-state index is 13.5. The van der Waals surface area contributed by atoms with Gasteiger partial charge in [0.15, 0.2) is 12.1 Å². The minimum atomic E-state index is -2.26. The fraction of sp³-hybridized carbons (Fsp3) is 0.952. The number of ether oxygens (including phenoxy) is 1. The summed E-state index contributed by atoms with van der Waals surface area (Å²) < 4.78 is 4.91. The van der Waals surface area contributed by atoms with Crippen molar-refractivity contribution in [2.24, 2.45) is 22.2 Å². The van der Waals surface area contributed by atoms with Crippen molar-refractivity contribution in [1.82, 2.24) is 0 Å². The van der Waals surface area contributed by atoms with Gasteiger partial charge in [0.05, 0.1) is 0 Å². The number of ketones is 1. The Bertz CT molecular complexity index is 709. The van der Waals surface area contributed by atoms with Gasteiger partial charge in [-0.15, -0.1) is 0 Å². The van der Waals surface area contributed by atoms with E-state index in [0.29, 0.717) is 12.8 Å². The highest BCUT2D eigenvalue weighted by Gasteiger charge is 2.84. The van der Waals surface area contributed by atoms with Gasteiger partial charge in [0, 0.05) is 17.9 Å². The molecule has 2 bridgehead atoms. The Kier molecular flexibility index (Phi) is 4.11. The van der Waals surface area contributed by atoms with Crippen LogP contribution in [0.1, 0.15) is 65.7 Å². The largest absolute Gasteiger partial charge is 0.383 e. The summed E-state index contributed by atoms with van der Waals surface area (Å²) in [5.74, 6) is -0.752. The Morgan fingerprint density at radius 3 is 2.32 bits per heavy atom. The molecule has 0 amide bonds. The summed E-state index contributed by atoms with van der Waals surface area (Å²) in [6, 6.07) is 0. The molecule has 28 heavy (non-hydrogen) atoms. The average Bonchev–Trinajstić information content (AvgIpc) is 2.84. The van der Waals surface area contributed by atoms with Crippen LogP contribution in [0.25, 0.3) is 0 Å². The van der Waals surface area contributed by atoms with E-state index in [1.54, 1.807) is 0 Å². The van der Waals surface area contributed by atoms with Crippen molar-refractivity contribution in [3.05, 3.63) is 0 Å². The zero-order valence-electron chi connectivity index (χ0n) is 17.2. The van der Waals surface area contributed by atoms with E-state index in [1.165, 1.54) is 7.11 Å². The van der Waals surface area contributed by atoms with Crippen LogP contribution >= 0.6 is 0 Å². The Morgan fingerprint density at radius 2 is 1.71 bits per heavy atom. The molecule has 0 aliphatic heterocycles. The van der Waals surface area contributed by atoms with E-state index in [4.69, 9.17) is 4.74 Å². The van der Waals surface area contributed by atoms with Crippen LogP contribution in [-0.2, 0) is 9.53 Å². The van der Waals surface area contributed by atoms with Crippen LogP contribution in [-0.4, -0.2) is 67.6 Å². The summed E-state index contributed by atoms with van der Waals surface area (Å²) in [6.07, 6.45) is -0.436. The maximum absolute atomic E-state index is 13.5. The van der Waals surface area contributed by atoms with E-state index in [2.05, 4.69) is 13.8 Å². The lowest BCUT2D eigenvalue weighted by molar-refractivity contribution is -0.282. The molecule has 4 aliphatic rings. The molecule has 7 nitrogen and oxygen atoms in total. The van der Waals surface area contributed by atoms with Crippen LogP contribution in [0.3, 0.4) is 0 Å². The normalized spacial score (nSPS) is 56.1. The molecule has 8 unspecified atom stereocenters. The van der Waals surface area contributed by atoms with E-state index in [1.807, 2.05) is 6.92 Å². The number of rotatable bonds is 2. The first-order valence-electron chi connectivity index (χ1n) is 10.4. The van der Waals surface area contributed by atoms with Crippen LogP contribution in [0.4, 0.5) is 0 Å². The van der Waals surface area contributed by atoms with Crippen molar-refractivity contribution in [3.63, 3.8) is 0 Å². The van der Waals surface area contributed by atoms with Gasteiger partial charge in [-0.05, 0) is 49.9 Å². The quantitative estimate of drug-likeness (QED) is 0.429. The van der Waals surface area contributed by atoms with Gasteiger partial charge in [-0.3, -0.25) is 4.79 Å². The number of carbonyl (C=O) groups is 1. The third-order valence-electron chi connectivity index (χ3n) is 9.39. The molecular formula is C21H34O7. The Labute approximate surface area is 165 Å². The minimum Gasteiger partial charge on any atom is -0.383 e. The molecule has 0 aromatic rings. The third kappa shape index (κ3) is 1.94. The summed E-state index contributed by atoms with van der Waals surface area (Å²) in [5, 5.41) is 55.8. The molecule has 160 valence electrons. The monoisotopic (exact) mass is 398 g/mol. The van der Waals surface area contributed by atoms with Gasteiger partial charge < -0.3 is 30.3 Å². The highest BCUT2D eigenvalue weighted by atomic mass is 16.6. The van der Waals surface area contributed by atoms with Crippen LogP contribution < -0.4 is 0 Å². The van der Waals surface area contributed by atoms with Crippen LogP contribution in [0.2, 0.25) is 0 Å². The van der Waals surface area contributed by atoms with E-state index in [9.17, 15) is 30.3 Å². The molecule has 1 spiro atoms. The molecule has 7 heteroatoms. The van der Waals surface area contributed by atoms with Gasteiger partial charge in [-0.2, -0.15) is 0 Å². The number of carbonyl (C=O) groups excluding carboxylic acids is 1. The molecule has 5 N–H and O–H groups in total. The highest BCUT2D eigenvalue weighted by molar-refractivity contribution is 5.96. The first-order chi connectivity index (χ1) is 12.8. The fourth-order valence-electron chi connectivity index (χ4n) is 8.09. The number of hydrogen-bond acceptors (Lipinski definition) is 7. The zero-order chi connectivity index (χ0) is 21.0. The lowest BCUT2D eigenvalue weighted by Gasteiger charge is -2.67. The molecule has 0 heterocycles. The van der Waals surface area contributed by atoms with Crippen LogP contribution in [0, 0.1) is 22.2 Å². The number of hydrogen-bond donors (Lipinski definition) is 5. The molecule has 0 aromatic heterocycles. The molecule has 4 saturated carbocycles. The van der Waals surface area contributed by atoms with Gasteiger partial charge in [-0.1, -0.05) is 27.2 Å². The first kappa shape index (κ1) is 20.7. The number of aliphatic hydroxyl groups excluding tert-OH is 2. The molecule has 4 aliphatic carbocycles. The second kappa shape index (κ2) is 5.56.